The molecule has 4 rings (SSSR count). The summed E-state index contributed by atoms with van der Waals surface area (Å²) in [7, 11) is 1.77. The largest absolute Gasteiger partial charge is 0.331 e. The number of aromatic nitrogens is 5. The third kappa shape index (κ3) is 4.62. The molecule has 0 unspecified atom stereocenters. The molecule has 0 bridgehead atoms. The Balaban J connectivity index is 1.37. The quantitative estimate of drug-likeness (QED) is 0.344. The minimum atomic E-state index is -0.173. The minimum absolute atomic E-state index is 0.170. The maximum absolute atomic E-state index is 12.5. The summed E-state index contributed by atoms with van der Waals surface area (Å²) in [4.78, 5) is 29.0. The highest BCUT2D eigenvalue weighted by atomic mass is 32.2. The highest BCUT2D eigenvalue weighted by Crippen LogP contribution is 2.22. The molecule has 32 heavy (non-hydrogen) atoms. The second-order valence-corrected chi connectivity index (χ2v) is 8.30. The van der Waals surface area contributed by atoms with Crippen molar-refractivity contribution in [1.29, 1.82) is 0 Å². The molecule has 0 radical (unpaired) electrons. The number of carbonyl (C=O) groups excluding carboxylic acids is 2. The van der Waals surface area contributed by atoms with Crippen molar-refractivity contribution >= 4 is 29.1 Å². The van der Waals surface area contributed by atoms with E-state index in [0.29, 0.717) is 22.2 Å². The van der Waals surface area contributed by atoms with Crippen molar-refractivity contribution in [3.8, 4) is 5.69 Å². The van der Waals surface area contributed by atoms with E-state index in [1.54, 1.807) is 54.6 Å². The third-order valence-corrected chi connectivity index (χ3v) is 6.02. The van der Waals surface area contributed by atoms with Crippen molar-refractivity contribution in [2.24, 2.45) is 7.05 Å². The van der Waals surface area contributed by atoms with Gasteiger partial charge in [-0.05, 0) is 61.4 Å². The summed E-state index contributed by atoms with van der Waals surface area (Å²) in [6.07, 6.45) is 4.95. The first-order valence-electron chi connectivity index (χ1n) is 9.95. The smallest absolute Gasteiger partial charge is 0.234 e. The second-order valence-electron chi connectivity index (χ2n) is 7.36. The maximum atomic E-state index is 12.5. The Kier molecular flexibility index (Phi) is 6.18. The number of thioether (sulfide) groups is 1. The van der Waals surface area contributed by atoms with Gasteiger partial charge >= 0.3 is 0 Å². The predicted octanol–water partition coefficient (Wildman–Crippen LogP) is 3.58. The van der Waals surface area contributed by atoms with Crippen LogP contribution in [0.25, 0.3) is 5.69 Å². The van der Waals surface area contributed by atoms with Crippen LogP contribution < -0.4 is 5.32 Å². The zero-order valence-corrected chi connectivity index (χ0v) is 18.8. The van der Waals surface area contributed by atoms with Crippen molar-refractivity contribution in [1.82, 2.24) is 24.3 Å². The molecular formula is C23H22N6O2S. The molecule has 2 aromatic carbocycles. The van der Waals surface area contributed by atoms with Gasteiger partial charge in [-0.3, -0.25) is 14.2 Å². The molecule has 0 saturated carbocycles. The van der Waals surface area contributed by atoms with E-state index in [2.05, 4.69) is 40.4 Å². The highest BCUT2D eigenvalue weighted by molar-refractivity contribution is 7.99. The van der Waals surface area contributed by atoms with Crippen LogP contribution in [0, 0.1) is 13.8 Å². The van der Waals surface area contributed by atoms with Gasteiger partial charge in [-0.1, -0.05) is 17.8 Å². The Hall–Kier alpha value is -3.72. The van der Waals surface area contributed by atoms with Crippen molar-refractivity contribution in [2.75, 3.05) is 11.1 Å². The molecule has 2 aromatic heterocycles. The summed E-state index contributed by atoms with van der Waals surface area (Å²) in [6.45, 7) is 4.12. The molecule has 162 valence electrons. The van der Waals surface area contributed by atoms with Gasteiger partial charge < -0.3 is 9.88 Å². The van der Waals surface area contributed by atoms with Gasteiger partial charge in [0, 0.05) is 36.4 Å². The van der Waals surface area contributed by atoms with E-state index in [4.69, 9.17) is 0 Å². The van der Waals surface area contributed by atoms with Gasteiger partial charge in [0.2, 0.25) is 11.7 Å². The SMILES string of the molecule is Cc1ccc(-n2cnnc2SCC(=O)Nc2ccc(C(=O)c3nccn3C)cc2)cc1C. The van der Waals surface area contributed by atoms with Crippen molar-refractivity contribution in [2.45, 2.75) is 19.0 Å². The molecule has 0 atom stereocenters. The van der Waals surface area contributed by atoms with E-state index in [1.165, 1.54) is 22.9 Å². The number of amides is 1. The zero-order valence-electron chi connectivity index (χ0n) is 17.9. The number of benzene rings is 2. The summed E-state index contributed by atoms with van der Waals surface area (Å²) in [6, 6.07) is 12.9. The number of aryl methyl sites for hydroxylation is 3. The molecule has 0 aliphatic heterocycles. The van der Waals surface area contributed by atoms with Gasteiger partial charge in [0.1, 0.15) is 6.33 Å². The summed E-state index contributed by atoms with van der Waals surface area (Å²) >= 11 is 1.31. The molecule has 1 N–H and O–H groups in total. The number of anilines is 1. The van der Waals surface area contributed by atoms with E-state index in [0.717, 1.165) is 5.69 Å². The van der Waals surface area contributed by atoms with Crippen molar-refractivity contribution in [3.05, 3.63) is 83.7 Å². The Morgan fingerprint density at radius 1 is 1.06 bits per heavy atom. The second kappa shape index (κ2) is 9.19. The van der Waals surface area contributed by atoms with Gasteiger partial charge in [-0.15, -0.1) is 10.2 Å². The van der Waals surface area contributed by atoms with Crippen LogP contribution in [0.3, 0.4) is 0 Å². The van der Waals surface area contributed by atoms with Crippen LogP contribution in [-0.2, 0) is 11.8 Å². The Morgan fingerprint density at radius 2 is 1.84 bits per heavy atom. The molecule has 0 spiro atoms. The van der Waals surface area contributed by atoms with Crippen LogP contribution in [0.2, 0.25) is 0 Å². The molecule has 0 aliphatic rings. The molecular weight excluding hydrogens is 424 g/mol. The topological polar surface area (TPSA) is 94.7 Å². The molecule has 2 heterocycles. The fraction of sp³-hybridized carbons (Fsp3) is 0.174. The van der Waals surface area contributed by atoms with Crippen LogP contribution in [0.1, 0.15) is 27.3 Å². The van der Waals surface area contributed by atoms with E-state index in [-0.39, 0.29) is 17.4 Å². The Morgan fingerprint density at radius 3 is 2.53 bits per heavy atom. The molecule has 1 amide bonds. The van der Waals surface area contributed by atoms with Gasteiger partial charge in [0.05, 0.1) is 5.75 Å². The molecule has 4 aromatic rings. The number of nitrogens with zero attached hydrogens (tertiary/aromatic N) is 5. The molecule has 0 fully saturated rings. The number of ketones is 1. The van der Waals surface area contributed by atoms with Crippen molar-refractivity contribution in [3.63, 3.8) is 0 Å². The summed E-state index contributed by atoms with van der Waals surface area (Å²) in [5, 5.41) is 11.6. The van der Waals surface area contributed by atoms with Gasteiger partial charge in [0.15, 0.2) is 11.0 Å². The van der Waals surface area contributed by atoms with Gasteiger partial charge in [-0.2, -0.15) is 0 Å². The first-order valence-corrected chi connectivity index (χ1v) is 10.9. The van der Waals surface area contributed by atoms with Crippen LogP contribution in [0.5, 0.6) is 0 Å². The Bertz CT molecular complexity index is 1280. The Labute approximate surface area is 189 Å². The number of rotatable bonds is 7. The standard InChI is InChI=1S/C23H22N6O2S/c1-15-4-9-19(12-16(15)2)29-14-25-27-23(29)32-13-20(30)26-18-7-5-17(6-8-18)21(31)22-24-10-11-28(22)3/h4-12,14H,13H2,1-3H3,(H,26,30). The average Bonchev–Trinajstić information content (AvgIpc) is 3.43. The third-order valence-electron chi connectivity index (χ3n) is 5.07. The van der Waals surface area contributed by atoms with Gasteiger partial charge in [-0.25, -0.2) is 4.98 Å². The number of nitrogens with one attached hydrogen (secondary N) is 1. The summed E-state index contributed by atoms with van der Waals surface area (Å²) in [5.41, 5.74) is 4.46. The monoisotopic (exact) mass is 446 g/mol. The fourth-order valence-corrected chi connectivity index (χ4v) is 3.85. The normalized spacial score (nSPS) is 10.8. The van der Waals surface area contributed by atoms with Crippen LogP contribution in [0.15, 0.2) is 66.3 Å². The summed E-state index contributed by atoms with van der Waals surface area (Å²) in [5.74, 6) is 0.202. The average molecular weight is 447 g/mol. The molecule has 0 saturated heterocycles. The number of imidazole rings is 1. The van der Waals surface area contributed by atoms with E-state index < -0.39 is 0 Å². The zero-order chi connectivity index (χ0) is 22.7. The molecule has 8 nitrogen and oxygen atoms in total. The van der Waals surface area contributed by atoms with Crippen LogP contribution >= 0.6 is 11.8 Å². The lowest BCUT2D eigenvalue weighted by Crippen LogP contribution is -2.15. The van der Waals surface area contributed by atoms with Crippen LogP contribution in [-0.4, -0.2) is 41.8 Å². The first-order chi connectivity index (χ1) is 15.4. The fourth-order valence-electron chi connectivity index (χ4n) is 3.12. The first kappa shape index (κ1) is 21.5. The summed E-state index contributed by atoms with van der Waals surface area (Å²) < 4.78 is 3.54. The molecule has 9 heteroatoms. The van der Waals surface area contributed by atoms with E-state index in [1.807, 2.05) is 16.7 Å². The van der Waals surface area contributed by atoms with E-state index in [9.17, 15) is 9.59 Å². The van der Waals surface area contributed by atoms with Gasteiger partial charge in [0.25, 0.3) is 0 Å². The van der Waals surface area contributed by atoms with Crippen LogP contribution in [0.4, 0.5) is 5.69 Å². The van der Waals surface area contributed by atoms with Crippen molar-refractivity contribution < 1.29 is 9.59 Å². The lowest BCUT2D eigenvalue weighted by atomic mass is 10.1. The molecule has 0 aliphatic carbocycles. The minimum Gasteiger partial charge on any atom is -0.331 e. The maximum Gasteiger partial charge on any atom is 0.234 e. The lowest BCUT2D eigenvalue weighted by molar-refractivity contribution is -0.113. The number of hydrogen-bond acceptors (Lipinski definition) is 6. The number of hydrogen-bond donors (Lipinski definition) is 1. The predicted molar refractivity (Wildman–Crippen MR) is 123 cm³/mol. The van der Waals surface area contributed by atoms with E-state index >= 15 is 0 Å². The highest BCUT2D eigenvalue weighted by Gasteiger charge is 2.14. The number of carbonyl (C=O) groups is 2. The lowest BCUT2D eigenvalue weighted by Gasteiger charge is -2.09.